The molecule has 0 spiro atoms. The zero-order valence-electron chi connectivity index (χ0n) is 13.0. The normalized spacial score (nSPS) is 14.5. The van der Waals surface area contributed by atoms with Gasteiger partial charge in [0.15, 0.2) is 0 Å². The lowest BCUT2D eigenvalue weighted by atomic mass is 10.4. The standard InChI is InChI=1S/C14H26N6O/c1-3-15-12-16-13(19(4-2)10-7-11-21)18-14(17-12)20-8-5-6-9-20/h21H,3-11H2,1-2H3,(H,15,16,17,18). The topological polar surface area (TPSA) is 77.4 Å². The van der Waals surface area contributed by atoms with E-state index in [1.807, 2.05) is 6.92 Å². The Kier molecular flexibility index (Phi) is 5.98. The summed E-state index contributed by atoms with van der Waals surface area (Å²) in [5.41, 5.74) is 0. The molecule has 7 heteroatoms. The van der Waals surface area contributed by atoms with Crippen molar-refractivity contribution in [3.63, 3.8) is 0 Å². The molecule has 0 unspecified atom stereocenters. The van der Waals surface area contributed by atoms with Gasteiger partial charge in [0.2, 0.25) is 17.8 Å². The van der Waals surface area contributed by atoms with Crippen LogP contribution >= 0.6 is 0 Å². The summed E-state index contributed by atoms with van der Waals surface area (Å²) in [6.45, 7) is 8.66. The van der Waals surface area contributed by atoms with Gasteiger partial charge in [-0.05, 0) is 33.1 Å². The lowest BCUT2D eigenvalue weighted by molar-refractivity contribution is 0.289. The zero-order valence-corrected chi connectivity index (χ0v) is 13.0. The highest BCUT2D eigenvalue weighted by Crippen LogP contribution is 2.20. The minimum Gasteiger partial charge on any atom is -0.396 e. The molecule has 0 aliphatic carbocycles. The molecule has 0 bridgehead atoms. The second-order valence-electron chi connectivity index (χ2n) is 5.14. The van der Waals surface area contributed by atoms with Gasteiger partial charge in [-0.3, -0.25) is 0 Å². The lowest BCUT2D eigenvalue weighted by Gasteiger charge is -2.23. The summed E-state index contributed by atoms with van der Waals surface area (Å²) in [6, 6.07) is 0. The van der Waals surface area contributed by atoms with Crippen molar-refractivity contribution in [3.8, 4) is 0 Å². The highest BCUT2D eigenvalue weighted by Gasteiger charge is 2.19. The van der Waals surface area contributed by atoms with Crippen LogP contribution in [0, 0.1) is 0 Å². The number of rotatable bonds is 8. The third kappa shape index (κ3) is 4.17. The SMILES string of the molecule is CCNc1nc(N(CC)CCCO)nc(N2CCCC2)n1. The van der Waals surface area contributed by atoms with E-state index in [1.165, 1.54) is 12.8 Å². The van der Waals surface area contributed by atoms with Crippen molar-refractivity contribution in [3.05, 3.63) is 0 Å². The fraction of sp³-hybridized carbons (Fsp3) is 0.786. The van der Waals surface area contributed by atoms with Crippen LogP contribution in [0.25, 0.3) is 0 Å². The van der Waals surface area contributed by atoms with E-state index in [9.17, 15) is 0 Å². The van der Waals surface area contributed by atoms with Gasteiger partial charge >= 0.3 is 0 Å². The Labute approximate surface area is 126 Å². The summed E-state index contributed by atoms with van der Waals surface area (Å²) in [4.78, 5) is 17.9. The fourth-order valence-electron chi connectivity index (χ4n) is 2.45. The van der Waals surface area contributed by atoms with Crippen LogP contribution in [-0.4, -0.2) is 59.4 Å². The van der Waals surface area contributed by atoms with Crippen LogP contribution in [0.3, 0.4) is 0 Å². The molecule has 0 atom stereocenters. The molecule has 118 valence electrons. The number of hydrogen-bond acceptors (Lipinski definition) is 7. The molecular formula is C14H26N6O. The van der Waals surface area contributed by atoms with E-state index < -0.39 is 0 Å². The number of aliphatic hydroxyl groups excluding tert-OH is 1. The summed E-state index contributed by atoms with van der Waals surface area (Å²) in [5.74, 6) is 2.08. The van der Waals surface area contributed by atoms with Gasteiger partial charge in [-0.15, -0.1) is 0 Å². The van der Waals surface area contributed by atoms with Crippen LogP contribution in [0.5, 0.6) is 0 Å². The Morgan fingerprint density at radius 1 is 1.19 bits per heavy atom. The van der Waals surface area contributed by atoms with Crippen LogP contribution in [0.2, 0.25) is 0 Å². The Morgan fingerprint density at radius 2 is 1.95 bits per heavy atom. The molecule has 0 amide bonds. The van der Waals surface area contributed by atoms with Crippen molar-refractivity contribution < 1.29 is 5.11 Å². The van der Waals surface area contributed by atoms with Crippen molar-refractivity contribution in [1.82, 2.24) is 15.0 Å². The van der Waals surface area contributed by atoms with Crippen LogP contribution in [0.1, 0.15) is 33.1 Å². The van der Waals surface area contributed by atoms with Crippen LogP contribution in [-0.2, 0) is 0 Å². The molecule has 1 aromatic rings. The first-order valence-corrected chi connectivity index (χ1v) is 7.89. The van der Waals surface area contributed by atoms with Gasteiger partial charge in [0.1, 0.15) is 0 Å². The Balaban J connectivity index is 2.24. The third-order valence-corrected chi connectivity index (χ3v) is 3.59. The molecule has 1 aliphatic rings. The second kappa shape index (κ2) is 7.97. The predicted molar refractivity (Wildman–Crippen MR) is 85.0 cm³/mol. The van der Waals surface area contributed by atoms with Gasteiger partial charge in [-0.25, -0.2) is 0 Å². The predicted octanol–water partition coefficient (Wildman–Crippen LogP) is 1.11. The largest absolute Gasteiger partial charge is 0.396 e. The summed E-state index contributed by atoms with van der Waals surface area (Å²) in [7, 11) is 0. The molecular weight excluding hydrogens is 268 g/mol. The van der Waals surface area contributed by atoms with Gasteiger partial charge in [-0.2, -0.15) is 15.0 Å². The highest BCUT2D eigenvalue weighted by atomic mass is 16.3. The monoisotopic (exact) mass is 294 g/mol. The Morgan fingerprint density at radius 3 is 2.57 bits per heavy atom. The number of aliphatic hydroxyl groups is 1. The number of aromatic nitrogens is 3. The van der Waals surface area contributed by atoms with E-state index in [4.69, 9.17) is 5.11 Å². The quantitative estimate of drug-likeness (QED) is 0.743. The van der Waals surface area contributed by atoms with Gasteiger partial charge < -0.3 is 20.2 Å². The van der Waals surface area contributed by atoms with Gasteiger partial charge in [0.05, 0.1) is 0 Å². The van der Waals surface area contributed by atoms with Crippen LogP contribution in [0.4, 0.5) is 17.8 Å². The maximum Gasteiger partial charge on any atom is 0.231 e. The van der Waals surface area contributed by atoms with Crippen molar-refractivity contribution in [1.29, 1.82) is 0 Å². The van der Waals surface area contributed by atoms with E-state index in [0.717, 1.165) is 45.1 Å². The first-order chi connectivity index (χ1) is 10.3. The van der Waals surface area contributed by atoms with E-state index in [1.54, 1.807) is 0 Å². The van der Waals surface area contributed by atoms with E-state index in [-0.39, 0.29) is 6.61 Å². The molecule has 2 heterocycles. The molecule has 2 rings (SSSR count). The third-order valence-electron chi connectivity index (χ3n) is 3.59. The zero-order chi connectivity index (χ0) is 15.1. The average molecular weight is 294 g/mol. The first kappa shape index (κ1) is 15.8. The first-order valence-electron chi connectivity index (χ1n) is 7.89. The van der Waals surface area contributed by atoms with Crippen LogP contribution in [0.15, 0.2) is 0 Å². The minimum absolute atomic E-state index is 0.181. The minimum atomic E-state index is 0.181. The lowest BCUT2D eigenvalue weighted by Crippen LogP contribution is -2.29. The molecule has 1 fully saturated rings. The van der Waals surface area contributed by atoms with Gasteiger partial charge in [0.25, 0.3) is 0 Å². The molecule has 21 heavy (non-hydrogen) atoms. The average Bonchev–Trinajstić information content (AvgIpc) is 3.02. The molecule has 0 radical (unpaired) electrons. The second-order valence-corrected chi connectivity index (χ2v) is 5.14. The summed E-state index contributed by atoms with van der Waals surface area (Å²) >= 11 is 0. The van der Waals surface area contributed by atoms with Crippen molar-refractivity contribution in [2.24, 2.45) is 0 Å². The van der Waals surface area contributed by atoms with E-state index in [0.29, 0.717) is 11.9 Å². The van der Waals surface area contributed by atoms with Gasteiger partial charge in [0, 0.05) is 39.3 Å². The molecule has 1 saturated heterocycles. The molecule has 2 N–H and O–H groups in total. The summed E-state index contributed by atoms with van der Waals surface area (Å²) < 4.78 is 0. The highest BCUT2D eigenvalue weighted by molar-refractivity contribution is 5.45. The van der Waals surface area contributed by atoms with Gasteiger partial charge in [-0.1, -0.05) is 0 Å². The van der Waals surface area contributed by atoms with E-state index in [2.05, 4.69) is 37.0 Å². The Bertz CT molecular complexity index is 435. The number of nitrogens with zero attached hydrogens (tertiary/aromatic N) is 5. The maximum absolute atomic E-state index is 9.02. The molecule has 0 aromatic carbocycles. The number of nitrogens with one attached hydrogen (secondary N) is 1. The molecule has 1 aliphatic heterocycles. The smallest absolute Gasteiger partial charge is 0.231 e. The van der Waals surface area contributed by atoms with Crippen molar-refractivity contribution >= 4 is 17.8 Å². The van der Waals surface area contributed by atoms with Crippen LogP contribution < -0.4 is 15.1 Å². The number of anilines is 3. The summed E-state index contributed by atoms with van der Waals surface area (Å²) in [5, 5.41) is 12.2. The fourth-order valence-corrected chi connectivity index (χ4v) is 2.45. The summed E-state index contributed by atoms with van der Waals surface area (Å²) in [6.07, 6.45) is 3.11. The number of hydrogen-bond donors (Lipinski definition) is 2. The van der Waals surface area contributed by atoms with Crippen molar-refractivity contribution in [2.45, 2.75) is 33.1 Å². The molecule has 1 aromatic heterocycles. The van der Waals surface area contributed by atoms with Crippen molar-refractivity contribution in [2.75, 3.05) is 54.4 Å². The maximum atomic E-state index is 9.02. The Hall–Kier alpha value is -1.63. The molecule has 7 nitrogen and oxygen atoms in total. The molecule has 0 saturated carbocycles. The van der Waals surface area contributed by atoms with E-state index >= 15 is 0 Å².